The zero-order valence-corrected chi connectivity index (χ0v) is 38.7. The number of anilines is 3. The van der Waals surface area contributed by atoms with E-state index in [2.05, 4.69) is 278 Å². The number of thiophene rings is 1. The van der Waals surface area contributed by atoms with E-state index in [1.165, 1.54) is 86.9 Å². The van der Waals surface area contributed by atoms with Crippen LogP contribution in [-0.2, 0) is 5.41 Å². The Hall–Kier alpha value is -8.56. The van der Waals surface area contributed by atoms with Crippen LogP contribution < -0.4 is 4.90 Å². The predicted octanol–water partition coefficient (Wildman–Crippen LogP) is 18.6. The van der Waals surface area contributed by atoms with Crippen molar-refractivity contribution in [3.63, 3.8) is 0 Å². The summed E-state index contributed by atoms with van der Waals surface area (Å²) in [6.45, 7) is 0. The zero-order chi connectivity index (χ0) is 45.7. The predicted molar refractivity (Wildman–Crippen MR) is 293 cm³/mol. The molecule has 0 spiro atoms. The third kappa shape index (κ3) is 6.91. The Morgan fingerprint density at radius 1 is 0.275 bits per heavy atom. The molecule has 1 heterocycles. The van der Waals surface area contributed by atoms with Gasteiger partial charge < -0.3 is 4.90 Å². The van der Waals surface area contributed by atoms with Gasteiger partial charge in [-0.2, -0.15) is 0 Å². The van der Waals surface area contributed by atoms with Crippen LogP contribution in [0, 0.1) is 0 Å². The van der Waals surface area contributed by atoms with Crippen molar-refractivity contribution in [2.45, 2.75) is 5.41 Å². The van der Waals surface area contributed by atoms with E-state index in [1.807, 2.05) is 11.3 Å². The van der Waals surface area contributed by atoms with E-state index in [-0.39, 0.29) is 0 Å². The summed E-state index contributed by atoms with van der Waals surface area (Å²) in [6.07, 6.45) is 0. The molecule has 13 rings (SSSR count). The highest BCUT2D eigenvalue weighted by molar-refractivity contribution is 7.25. The lowest BCUT2D eigenvalue weighted by atomic mass is 9.67. The number of rotatable bonds is 9. The maximum atomic E-state index is 2.42. The lowest BCUT2D eigenvalue weighted by Crippen LogP contribution is -2.28. The summed E-state index contributed by atoms with van der Waals surface area (Å²) in [5.41, 5.74) is 20.1. The highest BCUT2D eigenvalue weighted by Gasteiger charge is 2.46. The average molecular weight is 896 g/mol. The van der Waals surface area contributed by atoms with Crippen LogP contribution in [0.5, 0.6) is 0 Å². The molecule has 0 atom stereocenters. The quantitative estimate of drug-likeness (QED) is 0.140. The topological polar surface area (TPSA) is 3.24 Å². The molecule has 1 aliphatic rings. The van der Waals surface area contributed by atoms with Crippen molar-refractivity contribution in [3.8, 4) is 55.6 Å². The van der Waals surface area contributed by atoms with Gasteiger partial charge in [-0.25, -0.2) is 0 Å². The fraction of sp³-hybridized carbons (Fsp3) is 0.0149. The van der Waals surface area contributed by atoms with E-state index in [0.29, 0.717) is 0 Å². The van der Waals surface area contributed by atoms with Gasteiger partial charge >= 0.3 is 0 Å². The van der Waals surface area contributed by atoms with Crippen molar-refractivity contribution in [1.29, 1.82) is 0 Å². The normalized spacial score (nSPS) is 12.5. The molecule has 0 saturated heterocycles. The van der Waals surface area contributed by atoms with Crippen molar-refractivity contribution < 1.29 is 0 Å². The van der Waals surface area contributed by atoms with Gasteiger partial charge in [-0.1, -0.05) is 218 Å². The molecule has 12 aromatic rings. The van der Waals surface area contributed by atoms with Crippen molar-refractivity contribution >= 4 is 48.6 Å². The van der Waals surface area contributed by atoms with Crippen LogP contribution in [-0.4, -0.2) is 0 Å². The number of hydrogen-bond donors (Lipinski definition) is 0. The number of hydrogen-bond acceptors (Lipinski definition) is 2. The Kier molecular flexibility index (Phi) is 10.00. The fourth-order valence-corrected chi connectivity index (χ4v) is 12.1. The van der Waals surface area contributed by atoms with E-state index in [0.717, 1.165) is 28.2 Å². The summed E-state index contributed by atoms with van der Waals surface area (Å²) in [6, 6.07) is 100. The molecule has 2 heteroatoms. The van der Waals surface area contributed by atoms with Crippen molar-refractivity contribution in [2.75, 3.05) is 4.90 Å². The lowest BCUT2D eigenvalue weighted by molar-refractivity contribution is 0.768. The second kappa shape index (κ2) is 16.9. The maximum Gasteiger partial charge on any atom is 0.0713 e. The minimum Gasteiger partial charge on any atom is -0.310 e. The number of fused-ring (bicyclic) bond motifs is 6. The Morgan fingerprint density at radius 3 is 1.58 bits per heavy atom. The van der Waals surface area contributed by atoms with Gasteiger partial charge in [0.15, 0.2) is 0 Å². The Morgan fingerprint density at radius 2 is 0.797 bits per heavy atom. The van der Waals surface area contributed by atoms with Gasteiger partial charge in [0, 0.05) is 37.1 Å². The highest BCUT2D eigenvalue weighted by Crippen LogP contribution is 2.57. The Bertz CT molecular complexity index is 3790. The van der Waals surface area contributed by atoms with Crippen LogP contribution in [0.2, 0.25) is 0 Å². The van der Waals surface area contributed by atoms with Gasteiger partial charge in [0.2, 0.25) is 0 Å². The molecule has 0 fully saturated rings. The molecule has 0 radical (unpaired) electrons. The van der Waals surface area contributed by atoms with Gasteiger partial charge in [-0.05, 0) is 127 Å². The molecule has 0 aliphatic heterocycles. The Balaban J connectivity index is 0.920. The first-order valence-electron chi connectivity index (χ1n) is 23.7. The van der Waals surface area contributed by atoms with Crippen molar-refractivity contribution in [3.05, 3.63) is 295 Å². The summed E-state index contributed by atoms with van der Waals surface area (Å²) in [7, 11) is 0. The van der Waals surface area contributed by atoms with Crippen LogP contribution in [0.1, 0.15) is 22.3 Å². The molecule has 11 aromatic carbocycles. The van der Waals surface area contributed by atoms with E-state index in [1.54, 1.807) is 0 Å². The van der Waals surface area contributed by atoms with E-state index in [4.69, 9.17) is 0 Å². The summed E-state index contributed by atoms with van der Waals surface area (Å²) in [4.78, 5) is 2.42. The monoisotopic (exact) mass is 895 g/mol. The Labute approximate surface area is 407 Å². The lowest BCUT2D eigenvalue weighted by Gasteiger charge is -2.33. The largest absolute Gasteiger partial charge is 0.310 e. The van der Waals surface area contributed by atoms with E-state index in [9.17, 15) is 0 Å². The standard InChI is InChI=1S/C67H45NS/c1-4-18-46(19-5-1)49-21-17-27-56(43-49)68(55-38-34-47(35-39-55)51-36-40-60-59-30-12-15-33-65(59)69-66(60)45-51)64-32-14-11-28-57(64)52-22-16-20-48(42-52)50-37-41-63-61(44-50)58-29-10-13-31-62(58)67(63,53-23-6-2-7-24-53)54-25-8-3-9-26-54/h1-45H. The van der Waals surface area contributed by atoms with Crippen LogP contribution in [0.4, 0.5) is 17.1 Å². The summed E-state index contributed by atoms with van der Waals surface area (Å²) in [5, 5.41) is 2.64. The molecule has 69 heavy (non-hydrogen) atoms. The summed E-state index contributed by atoms with van der Waals surface area (Å²) in [5.74, 6) is 0. The van der Waals surface area contributed by atoms with Crippen LogP contribution >= 0.6 is 11.3 Å². The van der Waals surface area contributed by atoms with Crippen LogP contribution in [0.25, 0.3) is 75.8 Å². The van der Waals surface area contributed by atoms with Gasteiger partial charge in [0.25, 0.3) is 0 Å². The molecule has 1 aliphatic carbocycles. The highest BCUT2D eigenvalue weighted by atomic mass is 32.1. The second-order valence-corrected chi connectivity index (χ2v) is 19.1. The first-order valence-corrected chi connectivity index (χ1v) is 24.5. The SMILES string of the molecule is c1ccc(-c2cccc(N(c3ccc(-c4ccc5c(c4)sc4ccccc45)cc3)c3ccccc3-c3cccc(-c4ccc5c(c4)-c4ccccc4C5(c4ccccc4)c4ccccc4)c3)c2)cc1. The molecule has 324 valence electrons. The van der Waals surface area contributed by atoms with Gasteiger partial charge in [0.05, 0.1) is 11.1 Å². The number of nitrogens with zero attached hydrogens (tertiary/aromatic N) is 1. The fourth-order valence-electron chi connectivity index (χ4n) is 11.0. The molecule has 1 nitrogen and oxygen atoms in total. The molecule has 0 unspecified atom stereocenters. The van der Waals surface area contributed by atoms with Crippen molar-refractivity contribution in [2.24, 2.45) is 0 Å². The first kappa shape index (κ1) is 40.7. The molecule has 1 aromatic heterocycles. The molecule has 0 N–H and O–H groups in total. The minimum atomic E-state index is -0.431. The second-order valence-electron chi connectivity index (χ2n) is 18.0. The number of para-hydroxylation sites is 1. The molecule has 0 saturated carbocycles. The van der Waals surface area contributed by atoms with Gasteiger partial charge in [0.1, 0.15) is 0 Å². The van der Waals surface area contributed by atoms with Crippen molar-refractivity contribution in [1.82, 2.24) is 0 Å². The summed E-state index contributed by atoms with van der Waals surface area (Å²) < 4.78 is 2.63. The molecular formula is C67H45NS. The van der Waals surface area contributed by atoms with Gasteiger partial charge in [-0.3, -0.25) is 0 Å². The summed E-state index contributed by atoms with van der Waals surface area (Å²) >= 11 is 1.86. The van der Waals surface area contributed by atoms with Crippen LogP contribution in [0.3, 0.4) is 0 Å². The zero-order valence-electron chi connectivity index (χ0n) is 37.8. The first-order chi connectivity index (χ1) is 34.2. The molecule has 0 amide bonds. The molecular weight excluding hydrogens is 851 g/mol. The minimum absolute atomic E-state index is 0.431. The van der Waals surface area contributed by atoms with E-state index >= 15 is 0 Å². The number of benzene rings is 11. The third-order valence-electron chi connectivity index (χ3n) is 14.2. The van der Waals surface area contributed by atoms with Crippen LogP contribution in [0.15, 0.2) is 273 Å². The molecule has 0 bridgehead atoms. The maximum absolute atomic E-state index is 2.42. The van der Waals surface area contributed by atoms with Gasteiger partial charge in [-0.15, -0.1) is 11.3 Å². The average Bonchev–Trinajstić information content (AvgIpc) is 3.95. The van der Waals surface area contributed by atoms with E-state index < -0.39 is 5.41 Å². The third-order valence-corrected chi connectivity index (χ3v) is 15.3. The smallest absolute Gasteiger partial charge is 0.0713 e.